The molecule has 0 unspecified atom stereocenters. The lowest BCUT2D eigenvalue weighted by Gasteiger charge is -2.33. The third-order valence-corrected chi connectivity index (χ3v) is 3.79. The number of benzene rings is 1. The fourth-order valence-corrected chi connectivity index (χ4v) is 2.38. The van der Waals surface area contributed by atoms with Gasteiger partial charge in [0.2, 0.25) is 0 Å². The molecule has 0 bridgehead atoms. The summed E-state index contributed by atoms with van der Waals surface area (Å²) in [6.07, 6.45) is 0.481. The van der Waals surface area contributed by atoms with Gasteiger partial charge in [0, 0.05) is 36.8 Å². The van der Waals surface area contributed by atoms with Crippen molar-refractivity contribution in [3.8, 4) is 0 Å². The van der Waals surface area contributed by atoms with Crippen LogP contribution in [0.1, 0.15) is 18.4 Å². The number of aryl methyl sites for hydroxylation is 1. The number of rotatable bonds is 3. The normalized spacial score (nSPS) is 17.0. The number of halogens is 1. The summed E-state index contributed by atoms with van der Waals surface area (Å²) in [4.78, 5) is 23.6. The van der Waals surface area contributed by atoms with E-state index in [4.69, 9.17) is 16.3 Å². The summed E-state index contributed by atoms with van der Waals surface area (Å²) in [5.41, 5.74) is 0.105. The van der Waals surface area contributed by atoms with Crippen LogP contribution in [0.15, 0.2) is 18.2 Å². The largest absolute Gasteiger partial charge is 0.480 e. The maximum atomic E-state index is 12.1. The second-order valence-corrected chi connectivity index (χ2v) is 5.47. The molecule has 0 saturated carbocycles. The standard InChI is InChI=1S/C14H17ClN2O4/c1-9-2-3-10(15)8-11(9)16-13(20)17-14(12(18)19)4-6-21-7-5-14/h2-3,8H,4-7H2,1H3,(H,18,19)(H2,16,17,20). The molecule has 3 N–H and O–H groups in total. The number of urea groups is 1. The van der Waals surface area contributed by atoms with Crippen molar-refractivity contribution in [1.82, 2.24) is 5.32 Å². The van der Waals surface area contributed by atoms with Crippen molar-refractivity contribution < 1.29 is 19.4 Å². The second kappa shape index (κ2) is 6.32. The van der Waals surface area contributed by atoms with Crippen molar-refractivity contribution >= 4 is 29.3 Å². The minimum absolute atomic E-state index is 0.240. The van der Waals surface area contributed by atoms with E-state index in [2.05, 4.69) is 10.6 Å². The van der Waals surface area contributed by atoms with Crippen LogP contribution in [0.4, 0.5) is 10.5 Å². The van der Waals surface area contributed by atoms with Crippen LogP contribution in [0.5, 0.6) is 0 Å². The van der Waals surface area contributed by atoms with Crippen LogP contribution in [-0.2, 0) is 9.53 Å². The van der Waals surface area contributed by atoms with E-state index < -0.39 is 17.5 Å². The molecular formula is C14H17ClN2O4. The fourth-order valence-electron chi connectivity index (χ4n) is 2.21. The molecular weight excluding hydrogens is 296 g/mol. The van der Waals surface area contributed by atoms with Crippen molar-refractivity contribution in [3.63, 3.8) is 0 Å². The van der Waals surface area contributed by atoms with E-state index in [9.17, 15) is 14.7 Å². The smallest absolute Gasteiger partial charge is 0.329 e. The molecule has 1 fully saturated rings. The number of carbonyl (C=O) groups is 2. The molecule has 1 aliphatic heterocycles. The Morgan fingerprint density at radius 2 is 2.00 bits per heavy atom. The van der Waals surface area contributed by atoms with Crippen molar-refractivity contribution in [1.29, 1.82) is 0 Å². The number of ether oxygens (including phenoxy) is 1. The van der Waals surface area contributed by atoms with Crippen LogP contribution in [-0.4, -0.2) is 35.9 Å². The van der Waals surface area contributed by atoms with E-state index in [1.54, 1.807) is 18.2 Å². The molecule has 2 rings (SSSR count). The lowest BCUT2D eigenvalue weighted by Crippen LogP contribution is -2.58. The Hall–Kier alpha value is -1.79. The molecule has 0 aliphatic carbocycles. The number of carboxylic acids is 1. The van der Waals surface area contributed by atoms with Gasteiger partial charge in [0.25, 0.3) is 0 Å². The topological polar surface area (TPSA) is 87.7 Å². The Bertz CT molecular complexity index is 556. The molecule has 0 spiro atoms. The first kappa shape index (κ1) is 15.6. The maximum absolute atomic E-state index is 12.1. The number of amides is 2. The van der Waals surface area contributed by atoms with Crippen molar-refractivity contribution in [3.05, 3.63) is 28.8 Å². The van der Waals surface area contributed by atoms with Crippen LogP contribution in [0, 0.1) is 6.92 Å². The summed E-state index contributed by atoms with van der Waals surface area (Å²) in [6, 6.07) is 4.55. The number of carboxylic acid groups (broad SMARTS) is 1. The highest BCUT2D eigenvalue weighted by atomic mass is 35.5. The molecule has 0 radical (unpaired) electrons. The molecule has 6 nitrogen and oxygen atoms in total. The van der Waals surface area contributed by atoms with Crippen LogP contribution >= 0.6 is 11.6 Å². The highest BCUT2D eigenvalue weighted by Gasteiger charge is 2.41. The van der Waals surface area contributed by atoms with Gasteiger partial charge in [0.15, 0.2) is 0 Å². The first-order chi connectivity index (χ1) is 9.93. The summed E-state index contributed by atoms with van der Waals surface area (Å²) >= 11 is 5.89. The number of anilines is 1. The summed E-state index contributed by atoms with van der Waals surface area (Å²) in [7, 11) is 0. The predicted octanol–water partition coefficient (Wildman–Crippen LogP) is 2.40. The Morgan fingerprint density at radius 1 is 1.33 bits per heavy atom. The molecule has 21 heavy (non-hydrogen) atoms. The van der Waals surface area contributed by atoms with Crippen molar-refractivity contribution in [2.45, 2.75) is 25.3 Å². The molecule has 1 heterocycles. The quantitative estimate of drug-likeness (QED) is 0.799. The van der Waals surface area contributed by atoms with Crippen LogP contribution in [0.2, 0.25) is 5.02 Å². The van der Waals surface area contributed by atoms with Gasteiger partial charge in [0.05, 0.1) is 0 Å². The maximum Gasteiger partial charge on any atom is 0.329 e. The van der Waals surface area contributed by atoms with Gasteiger partial charge in [0.1, 0.15) is 5.54 Å². The van der Waals surface area contributed by atoms with Gasteiger partial charge < -0.3 is 20.5 Å². The van der Waals surface area contributed by atoms with Gasteiger partial charge in [-0.05, 0) is 24.6 Å². The van der Waals surface area contributed by atoms with E-state index in [1.807, 2.05) is 6.92 Å². The molecule has 114 valence electrons. The van der Waals surface area contributed by atoms with E-state index in [0.29, 0.717) is 23.9 Å². The molecule has 1 aromatic rings. The SMILES string of the molecule is Cc1ccc(Cl)cc1NC(=O)NC1(C(=O)O)CCOCC1. The van der Waals surface area contributed by atoms with Crippen molar-refractivity contribution in [2.24, 2.45) is 0 Å². The number of hydrogen-bond donors (Lipinski definition) is 3. The van der Waals surface area contributed by atoms with Gasteiger partial charge in [-0.2, -0.15) is 0 Å². The van der Waals surface area contributed by atoms with Gasteiger partial charge in [-0.25, -0.2) is 9.59 Å². The van der Waals surface area contributed by atoms with Gasteiger partial charge in [-0.1, -0.05) is 17.7 Å². The average Bonchev–Trinajstić information content (AvgIpc) is 2.43. The molecule has 1 aromatic carbocycles. The molecule has 0 aromatic heterocycles. The van der Waals surface area contributed by atoms with Crippen LogP contribution in [0.3, 0.4) is 0 Å². The highest BCUT2D eigenvalue weighted by molar-refractivity contribution is 6.31. The molecule has 2 amide bonds. The van der Waals surface area contributed by atoms with E-state index in [1.165, 1.54) is 0 Å². The number of nitrogens with one attached hydrogen (secondary N) is 2. The monoisotopic (exact) mass is 312 g/mol. The number of hydrogen-bond acceptors (Lipinski definition) is 3. The van der Waals surface area contributed by atoms with E-state index in [-0.39, 0.29) is 12.8 Å². The molecule has 0 atom stereocenters. The molecule has 1 aliphatic rings. The van der Waals surface area contributed by atoms with Crippen LogP contribution < -0.4 is 10.6 Å². The molecule has 7 heteroatoms. The zero-order chi connectivity index (χ0) is 15.5. The minimum atomic E-state index is -1.28. The first-order valence-electron chi connectivity index (χ1n) is 6.59. The zero-order valence-corrected chi connectivity index (χ0v) is 12.4. The Morgan fingerprint density at radius 3 is 2.62 bits per heavy atom. The second-order valence-electron chi connectivity index (χ2n) is 5.04. The zero-order valence-electron chi connectivity index (χ0n) is 11.6. The van der Waals surface area contributed by atoms with Gasteiger partial charge in [-0.3, -0.25) is 0 Å². The summed E-state index contributed by atoms with van der Waals surface area (Å²) in [5, 5.41) is 15.1. The van der Waals surface area contributed by atoms with Crippen molar-refractivity contribution in [2.75, 3.05) is 18.5 Å². The van der Waals surface area contributed by atoms with Gasteiger partial charge in [-0.15, -0.1) is 0 Å². The third kappa shape index (κ3) is 3.65. The fraction of sp³-hybridized carbons (Fsp3) is 0.429. The third-order valence-electron chi connectivity index (χ3n) is 3.56. The number of carbonyl (C=O) groups excluding carboxylic acids is 1. The van der Waals surface area contributed by atoms with Gasteiger partial charge >= 0.3 is 12.0 Å². The number of aliphatic carboxylic acids is 1. The Kier molecular flexibility index (Phi) is 4.69. The minimum Gasteiger partial charge on any atom is -0.480 e. The lowest BCUT2D eigenvalue weighted by molar-refractivity contribution is -0.148. The summed E-state index contributed by atoms with van der Waals surface area (Å²) in [5.74, 6) is -1.05. The predicted molar refractivity (Wildman–Crippen MR) is 78.8 cm³/mol. The lowest BCUT2D eigenvalue weighted by atomic mass is 9.90. The Labute approximate surface area is 127 Å². The van der Waals surface area contributed by atoms with E-state index >= 15 is 0 Å². The average molecular weight is 313 g/mol. The first-order valence-corrected chi connectivity index (χ1v) is 6.97. The summed E-state index contributed by atoms with van der Waals surface area (Å²) < 4.78 is 5.16. The molecule has 1 saturated heterocycles. The Balaban J connectivity index is 2.09. The van der Waals surface area contributed by atoms with E-state index in [0.717, 1.165) is 5.56 Å². The van der Waals surface area contributed by atoms with Crippen LogP contribution in [0.25, 0.3) is 0 Å². The highest BCUT2D eigenvalue weighted by Crippen LogP contribution is 2.23. The summed E-state index contributed by atoms with van der Waals surface area (Å²) in [6.45, 7) is 2.44.